The Labute approximate surface area is 121 Å². The first-order valence-electron chi connectivity index (χ1n) is 6.31. The van der Waals surface area contributed by atoms with Gasteiger partial charge in [0.2, 0.25) is 0 Å². The highest BCUT2D eigenvalue weighted by Gasteiger charge is 2.40. The number of halogens is 1. The fourth-order valence-corrected chi connectivity index (χ4v) is 2.41. The lowest BCUT2D eigenvalue weighted by Gasteiger charge is -2.17. The number of nitrogens with zero attached hydrogens (tertiary/aromatic N) is 4. The van der Waals surface area contributed by atoms with Gasteiger partial charge in [-0.15, -0.1) is 5.10 Å². The molecule has 2 aromatic rings. The highest BCUT2D eigenvalue weighted by atomic mass is 35.5. The summed E-state index contributed by atoms with van der Waals surface area (Å²) in [4.78, 5) is 17.6. The highest BCUT2D eigenvalue weighted by Crippen LogP contribution is 2.30. The zero-order chi connectivity index (χ0) is 14.5. The maximum atomic E-state index is 12.1. The Bertz CT molecular complexity index is 695. The number of carbonyl (C=O) groups excluding carboxylic acids is 1. The van der Waals surface area contributed by atoms with Crippen molar-refractivity contribution in [2.75, 3.05) is 6.61 Å². The summed E-state index contributed by atoms with van der Waals surface area (Å²) in [5.74, 6) is -0.0344. The van der Waals surface area contributed by atoms with E-state index in [9.17, 15) is 4.79 Å². The monoisotopic (exact) mass is 294 g/mol. The number of amides is 1. The van der Waals surface area contributed by atoms with Gasteiger partial charge in [0.1, 0.15) is 5.52 Å². The quantitative estimate of drug-likeness (QED) is 0.849. The Morgan fingerprint density at radius 2 is 2.20 bits per heavy atom. The van der Waals surface area contributed by atoms with Gasteiger partial charge in [-0.25, -0.2) is 9.75 Å². The molecule has 0 bridgehead atoms. The van der Waals surface area contributed by atoms with Crippen LogP contribution in [0.3, 0.4) is 0 Å². The minimum absolute atomic E-state index is 0.0344. The molecule has 0 saturated carbocycles. The van der Waals surface area contributed by atoms with E-state index in [1.165, 1.54) is 5.06 Å². The maximum absolute atomic E-state index is 12.1. The summed E-state index contributed by atoms with van der Waals surface area (Å²) < 4.78 is 1.66. The summed E-state index contributed by atoms with van der Waals surface area (Å²) in [5, 5.41) is 9.93. The highest BCUT2D eigenvalue weighted by molar-refractivity contribution is 6.32. The summed E-state index contributed by atoms with van der Waals surface area (Å²) in [5.41, 5.74) is 1.92. The molecule has 1 aromatic carbocycles. The minimum atomic E-state index is -0.483. The van der Waals surface area contributed by atoms with E-state index in [-0.39, 0.29) is 5.91 Å². The molecule has 6 nitrogen and oxygen atoms in total. The number of benzene rings is 1. The molecule has 0 N–H and O–H groups in total. The molecule has 106 valence electrons. The number of fused-ring (bicyclic) bond motifs is 1. The van der Waals surface area contributed by atoms with Crippen LogP contribution in [0.1, 0.15) is 19.4 Å². The second kappa shape index (κ2) is 4.43. The fourth-order valence-electron chi connectivity index (χ4n) is 2.19. The van der Waals surface area contributed by atoms with Crippen LogP contribution in [0.2, 0.25) is 5.02 Å². The average molecular weight is 295 g/mol. The lowest BCUT2D eigenvalue weighted by atomic mass is 9.95. The zero-order valence-corrected chi connectivity index (χ0v) is 12.3. The second-order valence-electron chi connectivity index (χ2n) is 5.64. The summed E-state index contributed by atoms with van der Waals surface area (Å²) in [7, 11) is 1.81. The molecule has 20 heavy (non-hydrogen) atoms. The minimum Gasteiger partial charge on any atom is -0.272 e. The number of rotatable bonds is 2. The average Bonchev–Trinajstić information content (AvgIpc) is 2.86. The van der Waals surface area contributed by atoms with Crippen LogP contribution in [0, 0.1) is 5.41 Å². The van der Waals surface area contributed by atoms with Crippen molar-refractivity contribution in [3.8, 4) is 0 Å². The largest absolute Gasteiger partial charge is 0.272 e. The van der Waals surface area contributed by atoms with Crippen molar-refractivity contribution in [2.24, 2.45) is 12.5 Å². The number of aryl methyl sites for hydroxylation is 1. The molecule has 0 aliphatic carbocycles. The van der Waals surface area contributed by atoms with E-state index in [2.05, 4.69) is 10.3 Å². The molecule has 0 radical (unpaired) electrons. The molecule has 1 amide bonds. The van der Waals surface area contributed by atoms with Crippen LogP contribution in [0.15, 0.2) is 12.1 Å². The molecule has 0 spiro atoms. The number of aromatic nitrogens is 3. The van der Waals surface area contributed by atoms with Gasteiger partial charge in [0.15, 0.2) is 0 Å². The van der Waals surface area contributed by atoms with Gasteiger partial charge in [0.05, 0.1) is 24.1 Å². The van der Waals surface area contributed by atoms with Gasteiger partial charge in [-0.05, 0) is 31.5 Å². The van der Waals surface area contributed by atoms with Crippen LogP contribution in [-0.2, 0) is 23.2 Å². The van der Waals surface area contributed by atoms with E-state index in [1.54, 1.807) is 17.8 Å². The lowest BCUT2D eigenvalue weighted by Crippen LogP contribution is -2.30. The van der Waals surface area contributed by atoms with E-state index in [4.69, 9.17) is 16.4 Å². The Kier molecular flexibility index (Phi) is 2.95. The summed E-state index contributed by atoms with van der Waals surface area (Å²) in [6.07, 6.45) is 0. The smallest absolute Gasteiger partial charge is 0.254 e. The van der Waals surface area contributed by atoms with Crippen molar-refractivity contribution in [3.05, 3.63) is 22.7 Å². The third-order valence-corrected chi connectivity index (χ3v) is 3.83. The van der Waals surface area contributed by atoms with Crippen molar-refractivity contribution in [1.29, 1.82) is 0 Å². The molecule has 1 fully saturated rings. The standard InChI is InChI=1S/C13H15ClN4O2/c1-13(2)7-20-18(12(13)19)6-8-4-10-11(5-9(8)14)17(3)16-15-10/h4-5H,6-7H2,1-3H3. The van der Waals surface area contributed by atoms with Crippen LogP contribution in [0.5, 0.6) is 0 Å². The first-order chi connectivity index (χ1) is 9.38. The molecular weight excluding hydrogens is 280 g/mol. The number of hydrogen-bond donors (Lipinski definition) is 0. The summed E-state index contributed by atoms with van der Waals surface area (Å²) >= 11 is 6.27. The molecular formula is C13H15ClN4O2. The van der Waals surface area contributed by atoms with Gasteiger partial charge in [0, 0.05) is 12.1 Å². The number of hydrogen-bond acceptors (Lipinski definition) is 4. The van der Waals surface area contributed by atoms with Crippen molar-refractivity contribution < 1.29 is 9.63 Å². The molecule has 0 atom stereocenters. The Morgan fingerprint density at radius 3 is 2.85 bits per heavy atom. The molecule has 3 rings (SSSR count). The van der Waals surface area contributed by atoms with E-state index in [0.29, 0.717) is 18.2 Å². The summed E-state index contributed by atoms with van der Waals surface area (Å²) in [6, 6.07) is 3.64. The Morgan fingerprint density at radius 1 is 1.45 bits per heavy atom. The number of hydroxylamine groups is 2. The lowest BCUT2D eigenvalue weighted by molar-refractivity contribution is -0.165. The topological polar surface area (TPSA) is 60.3 Å². The molecule has 1 aromatic heterocycles. The second-order valence-corrected chi connectivity index (χ2v) is 6.05. The summed E-state index contributed by atoms with van der Waals surface area (Å²) in [6.45, 7) is 4.43. The molecule has 2 heterocycles. The fraction of sp³-hybridized carbons (Fsp3) is 0.462. The first-order valence-corrected chi connectivity index (χ1v) is 6.69. The van der Waals surface area contributed by atoms with Gasteiger partial charge < -0.3 is 0 Å². The predicted molar refractivity (Wildman–Crippen MR) is 73.8 cm³/mol. The van der Waals surface area contributed by atoms with Crippen molar-refractivity contribution in [1.82, 2.24) is 20.1 Å². The molecule has 1 saturated heterocycles. The van der Waals surface area contributed by atoms with Gasteiger partial charge in [-0.1, -0.05) is 16.8 Å². The van der Waals surface area contributed by atoms with Gasteiger partial charge in [-0.2, -0.15) is 0 Å². The van der Waals surface area contributed by atoms with Gasteiger partial charge in [-0.3, -0.25) is 9.63 Å². The van der Waals surface area contributed by atoms with Crippen molar-refractivity contribution in [2.45, 2.75) is 20.4 Å². The Balaban J connectivity index is 1.92. The first kappa shape index (κ1) is 13.3. The third kappa shape index (κ3) is 2.05. The van der Waals surface area contributed by atoms with Crippen LogP contribution in [0.25, 0.3) is 11.0 Å². The van der Waals surface area contributed by atoms with Crippen molar-refractivity contribution >= 4 is 28.5 Å². The number of carbonyl (C=O) groups is 1. The SMILES string of the molecule is Cn1nnc2cc(CN3OCC(C)(C)C3=O)c(Cl)cc21. The van der Waals surface area contributed by atoms with E-state index >= 15 is 0 Å². The van der Waals surface area contributed by atoms with Gasteiger partial charge in [0.25, 0.3) is 5.91 Å². The van der Waals surface area contributed by atoms with Crippen LogP contribution in [0.4, 0.5) is 0 Å². The maximum Gasteiger partial charge on any atom is 0.254 e. The predicted octanol–water partition coefficient (Wildman–Crippen LogP) is 1.92. The molecule has 1 aliphatic rings. The zero-order valence-electron chi connectivity index (χ0n) is 11.6. The molecule has 1 aliphatic heterocycles. The van der Waals surface area contributed by atoms with E-state index < -0.39 is 5.41 Å². The normalized spacial score (nSPS) is 18.2. The Hall–Kier alpha value is -1.66. The third-order valence-electron chi connectivity index (χ3n) is 3.48. The van der Waals surface area contributed by atoms with Crippen LogP contribution in [-0.4, -0.2) is 32.6 Å². The van der Waals surface area contributed by atoms with Crippen LogP contribution < -0.4 is 0 Å². The molecule has 7 heteroatoms. The van der Waals surface area contributed by atoms with Crippen LogP contribution >= 0.6 is 11.6 Å². The molecule has 0 unspecified atom stereocenters. The van der Waals surface area contributed by atoms with Gasteiger partial charge >= 0.3 is 0 Å². The van der Waals surface area contributed by atoms with Crippen molar-refractivity contribution in [3.63, 3.8) is 0 Å². The van der Waals surface area contributed by atoms with E-state index in [0.717, 1.165) is 16.6 Å². The van der Waals surface area contributed by atoms with E-state index in [1.807, 2.05) is 19.9 Å².